The maximum Gasteiger partial charge on any atom is 0.321 e. The van der Waals surface area contributed by atoms with Crippen LogP contribution in [0.2, 0.25) is 0 Å². The summed E-state index contributed by atoms with van der Waals surface area (Å²) in [7, 11) is 0. The van der Waals surface area contributed by atoms with Crippen LogP contribution in [0.3, 0.4) is 0 Å². The molecule has 0 saturated heterocycles. The number of thiazole rings is 1. The number of pyridine rings is 1. The minimum Gasteiger partial charge on any atom is -0.338 e. The number of rotatable bonds is 3. The van der Waals surface area contributed by atoms with Crippen LogP contribution in [0.4, 0.5) is 9.93 Å². The van der Waals surface area contributed by atoms with Crippen LogP contribution in [0, 0.1) is 3.57 Å². The van der Waals surface area contributed by atoms with Crippen LogP contribution in [0.15, 0.2) is 36.7 Å². The third kappa shape index (κ3) is 3.20. The number of nitrogens with one attached hydrogen (secondary N) is 2. The summed E-state index contributed by atoms with van der Waals surface area (Å²) in [5, 5.41) is 6.06. The van der Waals surface area contributed by atoms with E-state index in [0.717, 1.165) is 24.9 Å². The molecule has 0 atom stereocenters. The number of nitrogens with zero attached hydrogens (tertiary/aromatic N) is 2. The molecule has 0 aliphatic heterocycles. The van der Waals surface area contributed by atoms with Crippen molar-refractivity contribution in [2.75, 3.05) is 11.9 Å². The Hall–Kier alpha value is -1.74. The molecule has 2 heterocycles. The highest BCUT2D eigenvalue weighted by Crippen LogP contribution is 2.34. The Labute approximate surface area is 145 Å². The van der Waals surface area contributed by atoms with Gasteiger partial charge < -0.3 is 5.32 Å². The molecule has 0 fully saturated rings. The van der Waals surface area contributed by atoms with Crippen molar-refractivity contribution in [2.45, 2.75) is 6.92 Å². The van der Waals surface area contributed by atoms with Gasteiger partial charge in [-0.15, -0.1) is 0 Å². The number of halogens is 1. The van der Waals surface area contributed by atoms with Crippen molar-refractivity contribution in [3.63, 3.8) is 0 Å². The van der Waals surface area contributed by atoms with E-state index in [4.69, 9.17) is 0 Å². The minimum absolute atomic E-state index is 0.231. The second-order valence-electron chi connectivity index (χ2n) is 4.55. The van der Waals surface area contributed by atoms with E-state index >= 15 is 0 Å². The SMILES string of the molecule is CCNC(=O)Nc1nc2cc(-c3ccncc3)cc(I)c2s1. The Bertz CT molecular complexity index is 819. The van der Waals surface area contributed by atoms with Crippen LogP contribution in [0.1, 0.15) is 6.92 Å². The molecule has 0 bridgehead atoms. The molecule has 2 N–H and O–H groups in total. The molecule has 0 unspecified atom stereocenters. The molecule has 5 nitrogen and oxygen atoms in total. The number of anilines is 1. The van der Waals surface area contributed by atoms with Crippen molar-refractivity contribution in [2.24, 2.45) is 0 Å². The summed E-state index contributed by atoms with van der Waals surface area (Å²) in [6.45, 7) is 2.46. The first kappa shape index (κ1) is 15.2. The lowest BCUT2D eigenvalue weighted by Crippen LogP contribution is -2.28. The lowest BCUT2D eigenvalue weighted by Gasteiger charge is -2.02. The van der Waals surface area contributed by atoms with E-state index in [2.05, 4.69) is 49.3 Å². The average molecular weight is 424 g/mol. The quantitative estimate of drug-likeness (QED) is 0.623. The number of carbonyl (C=O) groups excluding carboxylic acids is 1. The van der Waals surface area contributed by atoms with Gasteiger partial charge in [-0.1, -0.05) is 11.3 Å². The first-order chi connectivity index (χ1) is 10.7. The van der Waals surface area contributed by atoms with Gasteiger partial charge in [0.15, 0.2) is 5.13 Å². The zero-order chi connectivity index (χ0) is 15.5. The van der Waals surface area contributed by atoms with E-state index in [9.17, 15) is 4.79 Å². The van der Waals surface area contributed by atoms with Crippen LogP contribution >= 0.6 is 33.9 Å². The molecule has 0 aliphatic rings. The molecule has 0 spiro atoms. The second kappa shape index (κ2) is 6.57. The lowest BCUT2D eigenvalue weighted by atomic mass is 10.1. The summed E-state index contributed by atoms with van der Waals surface area (Å²) in [5.41, 5.74) is 3.07. The van der Waals surface area contributed by atoms with Crippen LogP contribution < -0.4 is 10.6 Å². The van der Waals surface area contributed by atoms with E-state index in [1.165, 1.54) is 11.3 Å². The van der Waals surface area contributed by atoms with Gasteiger partial charge in [0.25, 0.3) is 0 Å². The summed E-state index contributed by atoms with van der Waals surface area (Å²) in [4.78, 5) is 20.1. The number of carbonyl (C=O) groups is 1. The first-order valence-corrected chi connectivity index (χ1v) is 8.62. The van der Waals surface area contributed by atoms with Gasteiger partial charge in [-0.05, 0) is 64.9 Å². The molecule has 0 aliphatic carbocycles. The molecule has 2 amide bonds. The summed E-state index contributed by atoms with van der Waals surface area (Å²) in [6.07, 6.45) is 3.55. The van der Waals surface area contributed by atoms with Crippen LogP contribution in [0.25, 0.3) is 21.3 Å². The van der Waals surface area contributed by atoms with Gasteiger partial charge in [-0.3, -0.25) is 10.3 Å². The number of hydrogen-bond acceptors (Lipinski definition) is 4. The van der Waals surface area contributed by atoms with E-state index in [0.29, 0.717) is 11.7 Å². The number of urea groups is 1. The van der Waals surface area contributed by atoms with Crippen molar-refractivity contribution in [1.29, 1.82) is 0 Å². The normalized spacial score (nSPS) is 10.6. The Morgan fingerprint density at radius 1 is 1.27 bits per heavy atom. The lowest BCUT2D eigenvalue weighted by molar-refractivity contribution is 0.252. The van der Waals surface area contributed by atoms with Crippen molar-refractivity contribution in [1.82, 2.24) is 15.3 Å². The summed E-state index contributed by atoms with van der Waals surface area (Å²) < 4.78 is 2.19. The van der Waals surface area contributed by atoms with Crippen molar-refractivity contribution in [3.05, 3.63) is 40.2 Å². The first-order valence-electron chi connectivity index (χ1n) is 6.72. The van der Waals surface area contributed by atoms with Gasteiger partial charge >= 0.3 is 6.03 Å². The van der Waals surface area contributed by atoms with Crippen molar-refractivity contribution >= 4 is 55.3 Å². The molecule has 22 heavy (non-hydrogen) atoms. The van der Waals surface area contributed by atoms with E-state index in [1.54, 1.807) is 12.4 Å². The molecule has 0 saturated carbocycles. The van der Waals surface area contributed by atoms with E-state index < -0.39 is 0 Å². The van der Waals surface area contributed by atoms with Crippen molar-refractivity contribution < 1.29 is 4.79 Å². The fraction of sp³-hybridized carbons (Fsp3) is 0.133. The zero-order valence-corrected chi connectivity index (χ0v) is 14.7. The smallest absolute Gasteiger partial charge is 0.321 e. The second-order valence-corrected chi connectivity index (χ2v) is 6.71. The van der Waals surface area contributed by atoms with Gasteiger partial charge in [0.1, 0.15) is 0 Å². The van der Waals surface area contributed by atoms with Crippen LogP contribution in [0.5, 0.6) is 0 Å². The number of amides is 2. The Morgan fingerprint density at radius 2 is 2.05 bits per heavy atom. The third-order valence-corrected chi connectivity index (χ3v) is 5.25. The van der Waals surface area contributed by atoms with Gasteiger partial charge in [0.2, 0.25) is 0 Å². The summed E-state index contributed by atoms with van der Waals surface area (Å²) in [5.74, 6) is 0. The molecular weight excluding hydrogens is 411 g/mol. The van der Waals surface area contributed by atoms with Crippen LogP contribution in [-0.4, -0.2) is 22.5 Å². The third-order valence-electron chi connectivity index (χ3n) is 3.02. The van der Waals surface area contributed by atoms with E-state index in [-0.39, 0.29) is 6.03 Å². The fourth-order valence-electron chi connectivity index (χ4n) is 2.06. The highest BCUT2D eigenvalue weighted by molar-refractivity contribution is 14.1. The molecule has 3 aromatic rings. The van der Waals surface area contributed by atoms with Gasteiger partial charge in [0, 0.05) is 22.5 Å². The number of hydrogen-bond donors (Lipinski definition) is 2. The minimum atomic E-state index is -0.231. The number of aromatic nitrogens is 2. The molecule has 112 valence electrons. The molecule has 7 heteroatoms. The zero-order valence-electron chi connectivity index (χ0n) is 11.8. The molecule has 0 radical (unpaired) electrons. The molecule has 2 aromatic heterocycles. The maximum absolute atomic E-state index is 11.6. The monoisotopic (exact) mass is 424 g/mol. The fourth-order valence-corrected chi connectivity index (χ4v) is 3.85. The largest absolute Gasteiger partial charge is 0.338 e. The van der Waals surface area contributed by atoms with Gasteiger partial charge in [-0.25, -0.2) is 9.78 Å². The summed E-state index contributed by atoms with van der Waals surface area (Å²) >= 11 is 3.78. The Balaban J connectivity index is 1.98. The standard InChI is InChI=1S/C15H13IN4OS/c1-2-18-14(21)20-15-19-12-8-10(7-11(16)13(12)22-15)9-3-5-17-6-4-9/h3-8H,2H2,1H3,(H2,18,19,20,21). The summed E-state index contributed by atoms with van der Waals surface area (Å²) in [6, 6.07) is 7.86. The van der Waals surface area contributed by atoms with Gasteiger partial charge in [0.05, 0.1) is 10.2 Å². The Morgan fingerprint density at radius 3 is 2.77 bits per heavy atom. The number of fused-ring (bicyclic) bond motifs is 1. The molecule has 3 rings (SSSR count). The van der Waals surface area contributed by atoms with E-state index in [1.807, 2.05) is 25.1 Å². The predicted octanol–water partition coefficient (Wildman–Crippen LogP) is 4.10. The number of benzene rings is 1. The highest BCUT2D eigenvalue weighted by Gasteiger charge is 2.11. The average Bonchev–Trinajstić information content (AvgIpc) is 2.91. The Kier molecular flexibility index (Phi) is 4.53. The van der Waals surface area contributed by atoms with Crippen molar-refractivity contribution in [3.8, 4) is 11.1 Å². The topological polar surface area (TPSA) is 66.9 Å². The van der Waals surface area contributed by atoms with Gasteiger partial charge in [-0.2, -0.15) is 0 Å². The maximum atomic E-state index is 11.6. The predicted molar refractivity (Wildman–Crippen MR) is 98.3 cm³/mol. The van der Waals surface area contributed by atoms with Crippen LogP contribution in [-0.2, 0) is 0 Å². The molecule has 1 aromatic carbocycles. The highest BCUT2D eigenvalue weighted by atomic mass is 127. The molecular formula is C15H13IN4OS.